The highest BCUT2D eigenvalue weighted by Crippen LogP contribution is 2.35. The number of rotatable bonds is 4. The van der Waals surface area contributed by atoms with Crippen LogP contribution < -0.4 is 17.4 Å². The third-order valence-corrected chi connectivity index (χ3v) is 6.69. The van der Waals surface area contributed by atoms with E-state index in [0.29, 0.717) is 17.9 Å². The van der Waals surface area contributed by atoms with Gasteiger partial charge in [-0.1, -0.05) is 30.3 Å². The zero-order valence-electron chi connectivity index (χ0n) is 19.3. The van der Waals surface area contributed by atoms with Crippen molar-refractivity contribution in [2.24, 2.45) is 17.4 Å². The van der Waals surface area contributed by atoms with E-state index in [1.165, 1.54) is 11.3 Å². The maximum Gasteiger partial charge on any atom is 0.181 e. The minimum Gasteiger partial charge on any atom is -0.342 e. The number of hydrogen-bond donors (Lipinski definition) is 4. The summed E-state index contributed by atoms with van der Waals surface area (Å²) in [5.74, 6) is 9.88. The lowest BCUT2D eigenvalue weighted by molar-refractivity contribution is 0.203. The van der Waals surface area contributed by atoms with Crippen molar-refractivity contribution in [3.63, 3.8) is 0 Å². The lowest BCUT2D eigenvalue weighted by Crippen LogP contribution is -2.33. The first-order valence-electron chi connectivity index (χ1n) is 11.3. The van der Waals surface area contributed by atoms with E-state index in [-0.39, 0.29) is 37.2 Å². The van der Waals surface area contributed by atoms with Gasteiger partial charge in [-0.25, -0.2) is 15.0 Å². The van der Waals surface area contributed by atoms with Gasteiger partial charge >= 0.3 is 0 Å². The van der Waals surface area contributed by atoms with Gasteiger partial charge in [0, 0.05) is 24.4 Å². The van der Waals surface area contributed by atoms with Crippen LogP contribution in [0.2, 0.25) is 0 Å². The van der Waals surface area contributed by atoms with E-state index in [1.807, 2.05) is 0 Å². The zero-order chi connectivity index (χ0) is 21.6. The van der Waals surface area contributed by atoms with Crippen LogP contribution in [0.25, 0.3) is 11.2 Å². The monoisotopic (exact) mass is 530 g/mol. The minimum absolute atomic E-state index is 0. The van der Waals surface area contributed by atoms with E-state index in [2.05, 4.69) is 56.9 Å². The van der Waals surface area contributed by atoms with Crippen LogP contribution in [0, 0.1) is 0 Å². The Balaban J connectivity index is 0.00000113. The summed E-state index contributed by atoms with van der Waals surface area (Å²) in [5.41, 5.74) is 10.5. The van der Waals surface area contributed by atoms with Gasteiger partial charge in [-0.2, -0.15) is 0 Å². The number of hydrogen-bond acceptors (Lipinski definition) is 7. The largest absolute Gasteiger partial charge is 0.342 e. The summed E-state index contributed by atoms with van der Waals surface area (Å²) >= 11 is 0. The summed E-state index contributed by atoms with van der Waals surface area (Å²) in [7, 11) is 0. The van der Waals surface area contributed by atoms with Crippen molar-refractivity contribution in [3.8, 4) is 0 Å². The first kappa shape index (κ1) is 30.5. The number of fused-ring (bicyclic) bond motifs is 1. The molecule has 1 aromatic carbocycles. The van der Waals surface area contributed by atoms with Crippen LogP contribution in [-0.2, 0) is 6.54 Å². The van der Waals surface area contributed by atoms with E-state index < -0.39 is 0 Å². The molecule has 0 radical (unpaired) electrons. The fourth-order valence-electron chi connectivity index (χ4n) is 4.93. The quantitative estimate of drug-likeness (QED) is 0.297. The Kier molecular flexibility index (Phi) is 13.3. The van der Waals surface area contributed by atoms with Gasteiger partial charge in [0.15, 0.2) is 5.65 Å². The summed E-state index contributed by atoms with van der Waals surface area (Å²) in [6.45, 7) is 3.24. The fourth-order valence-corrected chi connectivity index (χ4v) is 4.93. The normalized spacial score (nSPS) is 20.8. The molecule has 190 valence electrons. The molecule has 0 atom stereocenters. The molecule has 3 heterocycles. The number of nitrogens with two attached hydrogens (primary N) is 3. The number of likely N-dealkylation sites (tertiary alicyclic amines) is 1. The number of nitrogens with one attached hydrogen (secondary N) is 1. The minimum atomic E-state index is 0. The number of benzene rings is 1. The van der Waals surface area contributed by atoms with Crippen LogP contribution in [0.5, 0.6) is 0 Å². The van der Waals surface area contributed by atoms with Crippen molar-refractivity contribution in [2.45, 2.75) is 62.9 Å². The average molecular weight is 532 g/mol. The highest BCUT2D eigenvalue weighted by molar-refractivity contribution is 5.86. The van der Waals surface area contributed by atoms with E-state index in [4.69, 9.17) is 15.7 Å². The maximum absolute atomic E-state index is 6.10. The molecule has 1 aliphatic heterocycles. The molecular weight excluding hydrogens is 495 g/mol. The second-order valence-electron chi connectivity index (χ2n) is 8.72. The number of imidazole rings is 1. The predicted molar refractivity (Wildman–Crippen MR) is 145 cm³/mol. The van der Waals surface area contributed by atoms with Crippen LogP contribution in [0.15, 0.2) is 36.7 Å². The summed E-state index contributed by atoms with van der Waals surface area (Å²) in [4.78, 5) is 20.3. The number of H-pyrrole nitrogens is 1. The molecule has 0 amide bonds. The first-order chi connectivity index (χ1) is 15.3. The lowest BCUT2D eigenvalue weighted by atomic mass is 9.85. The maximum atomic E-state index is 6.10. The van der Waals surface area contributed by atoms with Gasteiger partial charge < -0.3 is 10.7 Å². The van der Waals surface area contributed by atoms with Gasteiger partial charge in [0.2, 0.25) is 0 Å². The number of nitrogens with zero attached hydrogens (tertiary/aromatic N) is 4. The SMILES string of the molecule is Cl.Cl.Cl.NC1CCC(c2nc(C3CCN(Cc4ccccc4)CC3)c3[nH]cnc3n2)CC1.NN. The molecule has 11 heteroatoms. The fraction of sp³-hybridized carbons (Fsp3) is 0.522. The van der Waals surface area contributed by atoms with E-state index in [1.54, 1.807) is 6.33 Å². The average Bonchev–Trinajstić information content (AvgIpc) is 3.30. The number of aromatic nitrogens is 4. The molecule has 0 bridgehead atoms. The smallest absolute Gasteiger partial charge is 0.181 e. The Hall–Kier alpha value is -1.52. The molecule has 2 aromatic heterocycles. The third-order valence-electron chi connectivity index (χ3n) is 6.69. The summed E-state index contributed by atoms with van der Waals surface area (Å²) in [5, 5.41) is 0. The molecule has 3 aromatic rings. The van der Waals surface area contributed by atoms with Crippen LogP contribution in [0.1, 0.15) is 67.4 Å². The molecule has 1 saturated carbocycles. The molecule has 5 rings (SSSR count). The molecule has 2 aliphatic rings. The topological polar surface area (TPSA) is 136 Å². The number of hydrazine groups is 1. The summed E-state index contributed by atoms with van der Waals surface area (Å²) < 4.78 is 0. The Morgan fingerprint density at radius 3 is 2.15 bits per heavy atom. The van der Waals surface area contributed by atoms with Crippen LogP contribution in [0.4, 0.5) is 0 Å². The predicted octanol–water partition coefficient (Wildman–Crippen LogP) is 3.80. The van der Waals surface area contributed by atoms with Crippen LogP contribution >= 0.6 is 37.2 Å². The second kappa shape index (κ2) is 14.8. The Morgan fingerprint density at radius 1 is 0.853 bits per heavy atom. The van der Waals surface area contributed by atoms with Crippen LogP contribution in [-0.4, -0.2) is 44.0 Å². The van der Waals surface area contributed by atoms with Crippen molar-refractivity contribution < 1.29 is 0 Å². The Morgan fingerprint density at radius 2 is 1.50 bits per heavy atom. The van der Waals surface area contributed by atoms with Crippen molar-refractivity contribution in [2.75, 3.05) is 13.1 Å². The van der Waals surface area contributed by atoms with Crippen molar-refractivity contribution in [1.82, 2.24) is 24.8 Å². The lowest BCUT2D eigenvalue weighted by Gasteiger charge is -2.32. The van der Waals surface area contributed by atoms with Crippen molar-refractivity contribution in [3.05, 3.63) is 53.7 Å². The molecular formula is C23H37Cl3N8. The molecule has 34 heavy (non-hydrogen) atoms. The molecule has 0 spiro atoms. The van der Waals surface area contributed by atoms with E-state index in [0.717, 1.165) is 75.1 Å². The van der Waals surface area contributed by atoms with E-state index >= 15 is 0 Å². The first-order valence-corrected chi connectivity index (χ1v) is 11.3. The molecule has 7 N–H and O–H groups in total. The number of piperidine rings is 1. The highest BCUT2D eigenvalue weighted by Gasteiger charge is 2.28. The summed E-state index contributed by atoms with van der Waals surface area (Å²) in [6, 6.07) is 11.1. The Labute approximate surface area is 220 Å². The number of halogens is 3. The zero-order valence-corrected chi connectivity index (χ0v) is 21.8. The summed E-state index contributed by atoms with van der Waals surface area (Å²) in [6.07, 6.45) is 8.34. The van der Waals surface area contributed by atoms with Crippen molar-refractivity contribution >= 4 is 48.4 Å². The van der Waals surface area contributed by atoms with Crippen LogP contribution in [0.3, 0.4) is 0 Å². The van der Waals surface area contributed by atoms with Crippen molar-refractivity contribution in [1.29, 1.82) is 0 Å². The highest BCUT2D eigenvalue weighted by atomic mass is 35.5. The molecule has 1 saturated heterocycles. The van der Waals surface area contributed by atoms with Gasteiger partial charge in [0.1, 0.15) is 11.3 Å². The third kappa shape index (κ3) is 7.24. The van der Waals surface area contributed by atoms with E-state index in [9.17, 15) is 0 Å². The molecule has 0 unspecified atom stereocenters. The van der Waals surface area contributed by atoms with Gasteiger partial charge in [-0.3, -0.25) is 16.6 Å². The molecule has 8 nitrogen and oxygen atoms in total. The van der Waals surface area contributed by atoms with Gasteiger partial charge in [0.05, 0.1) is 12.0 Å². The standard InChI is InChI=1S/C23H30N6.3ClH.H4N2/c24-19-8-6-18(7-9-19)22-27-20(21-23(28-22)26-15-25-21)17-10-12-29(13-11-17)14-16-4-2-1-3-5-16;;;;1-2/h1-5,15,17-19H,6-14,24H2,(H,25,26,27,28);3*1H;1-2H2. The van der Waals surface area contributed by atoms with Gasteiger partial charge in [-0.05, 0) is 57.2 Å². The number of aromatic amines is 1. The molecule has 1 aliphatic carbocycles. The van der Waals surface area contributed by atoms with Gasteiger partial charge in [-0.15, -0.1) is 37.2 Å². The molecule has 2 fully saturated rings. The Bertz CT molecular complexity index is 955. The second-order valence-corrected chi connectivity index (χ2v) is 8.72. The van der Waals surface area contributed by atoms with Gasteiger partial charge in [0.25, 0.3) is 0 Å².